The Morgan fingerprint density at radius 3 is 2.24 bits per heavy atom. The molecule has 0 spiro atoms. The van der Waals surface area contributed by atoms with Crippen molar-refractivity contribution < 1.29 is 18.0 Å². The molecule has 3 aromatic rings. The predicted octanol–water partition coefficient (Wildman–Crippen LogP) is 2.98. The molecule has 2 aromatic carbocycles. The van der Waals surface area contributed by atoms with Gasteiger partial charge >= 0.3 is 6.18 Å². The van der Waals surface area contributed by atoms with Gasteiger partial charge in [0.05, 0.1) is 17.7 Å². The maximum atomic E-state index is 12.6. The second kappa shape index (κ2) is 6.39. The summed E-state index contributed by atoms with van der Waals surface area (Å²) in [5, 5.41) is 4.27. The summed E-state index contributed by atoms with van der Waals surface area (Å²) >= 11 is 0. The van der Waals surface area contributed by atoms with Gasteiger partial charge in [-0.1, -0.05) is 24.3 Å². The molecule has 128 valence electrons. The third-order valence-electron chi connectivity index (χ3n) is 3.54. The molecule has 0 saturated carbocycles. The van der Waals surface area contributed by atoms with Crippen LogP contribution in [0.2, 0.25) is 0 Å². The van der Waals surface area contributed by atoms with Crippen LogP contribution < -0.4 is 5.73 Å². The molecule has 5 nitrogen and oxygen atoms in total. The van der Waals surface area contributed by atoms with Crippen molar-refractivity contribution in [2.45, 2.75) is 12.6 Å². The van der Waals surface area contributed by atoms with E-state index in [0.717, 1.165) is 23.3 Å². The first-order chi connectivity index (χ1) is 11.8. The Balaban J connectivity index is 1.81. The summed E-state index contributed by atoms with van der Waals surface area (Å²) in [7, 11) is 0. The van der Waals surface area contributed by atoms with E-state index in [1.807, 2.05) is 0 Å². The molecule has 0 bridgehead atoms. The van der Waals surface area contributed by atoms with Gasteiger partial charge in [0.15, 0.2) is 5.82 Å². The van der Waals surface area contributed by atoms with Crippen LogP contribution in [0, 0.1) is 0 Å². The van der Waals surface area contributed by atoms with E-state index in [1.54, 1.807) is 24.3 Å². The quantitative estimate of drug-likeness (QED) is 0.789. The Labute approximate surface area is 140 Å². The number of rotatable bonds is 4. The van der Waals surface area contributed by atoms with Gasteiger partial charge in [0.1, 0.15) is 6.33 Å². The Hall–Kier alpha value is -3.16. The van der Waals surface area contributed by atoms with Crippen LogP contribution in [0.25, 0.3) is 17.1 Å². The van der Waals surface area contributed by atoms with Crippen molar-refractivity contribution >= 4 is 5.91 Å². The summed E-state index contributed by atoms with van der Waals surface area (Å²) in [6.07, 6.45) is -2.80. The zero-order valence-electron chi connectivity index (χ0n) is 12.9. The number of benzene rings is 2. The van der Waals surface area contributed by atoms with Crippen LogP contribution in [0.1, 0.15) is 11.1 Å². The number of halogens is 3. The standard InChI is InChI=1S/C17H13F3N4O/c18-17(19,20)13-5-7-14(8-6-13)24-10-22-16(23-24)12-3-1-11(2-4-12)9-15(21)25/h1-8,10H,9H2,(H2,21,25). The Bertz CT molecular complexity index is 884. The largest absolute Gasteiger partial charge is 0.416 e. The smallest absolute Gasteiger partial charge is 0.369 e. The number of aromatic nitrogens is 3. The monoisotopic (exact) mass is 346 g/mol. The molecule has 0 fully saturated rings. The molecule has 2 N–H and O–H groups in total. The first-order valence-electron chi connectivity index (χ1n) is 7.30. The fraction of sp³-hybridized carbons (Fsp3) is 0.118. The second-order valence-corrected chi connectivity index (χ2v) is 5.40. The summed E-state index contributed by atoms with van der Waals surface area (Å²) in [5.41, 5.74) is 6.39. The van der Waals surface area contributed by atoms with E-state index in [-0.39, 0.29) is 6.42 Å². The summed E-state index contributed by atoms with van der Waals surface area (Å²) in [5.74, 6) is 0.00276. The van der Waals surface area contributed by atoms with E-state index in [9.17, 15) is 18.0 Å². The summed E-state index contributed by atoms with van der Waals surface area (Å²) in [4.78, 5) is 15.1. The minimum Gasteiger partial charge on any atom is -0.369 e. The molecule has 0 radical (unpaired) electrons. The third-order valence-corrected chi connectivity index (χ3v) is 3.54. The highest BCUT2D eigenvalue weighted by atomic mass is 19.4. The SMILES string of the molecule is NC(=O)Cc1ccc(-c2ncn(-c3ccc(C(F)(F)F)cc3)n2)cc1. The molecule has 25 heavy (non-hydrogen) atoms. The van der Waals surface area contributed by atoms with Crippen LogP contribution in [0.5, 0.6) is 0 Å². The molecule has 0 saturated heterocycles. The number of carbonyl (C=O) groups excluding carboxylic acids is 1. The van der Waals surface area contributed by atoms with Crippen molar-refractivity contribution in [3.05, 3.63) is 66.0 Å². The lowest BCUT2D eigenvalue weighted by Gasteiger charge is -2.07. The first-order valence-corrected chi connectivity index (χ1v) is 7.30. The van der Waals surface area contributed by atoms with Gasteiger partial charge in [0.25, 0.3) is 0 Å². The van der Waals surface area contributed by atoms with Gasteiger partial charge in [-0.2, -0.15) is 13.2 Å². The van der Waals surface area contributed by atoms with Gasteiger partial charge in [-0.15, -0.1) is 5.10 Å². The molecule has 0 unspecified atom stereocenters. The lowest BCUT2D eigenvalue weighted by molar-refractivity contribution is -0.137. The highest BCUT2D eigenvalue weighted by molar-refractivity contribution is 5.76. The number of primary amides is 1. The maximum Gasteiger partial charge on any atom is 0.416 e. The predicted molar refractivity (Wildman–Crippen MR) is 84.7 cm³/mol. The minimum atomic E-state index is -4.38. The Kier molecular flexibility index (Phi) is 4.26. The van der Waals surface area contributed by atoms with Gasteiger partial charge in [0, 0.05) is 5.56 Å². The highest BCUT2D eigenvalue weighted by Crippen LogP contribution is 2.29. The average molecular weight is 346 g/mol. The fourth-order valence-electron chi connectivity index (χ4n) is 2.30. The van der Waals surface area contributed by atoms with E-state index in [4.69, 9.17) is 5.73 Å². The molecule has 0 aliphatic rings. The van der Waals surface area contributed by atoms with E-state index in [2.05, 4.69) is 10.1 Å². The number of nitrogens with two attached hydrogens (primary N) is 1. The number of hydrogen-bond acceptors (Lipinski definition) is 3. The first kappa shape index (κ1) is 16.7. The van der Waals surface area contributed by atoms with Gasteiger partial charge in [-0.3, -0.25) is 4.79 Å². The Morgan fingerprint density at radius 2 is 1.68 bits per heavy atom. The van der Waals surface area contributed by atoms with Gasteiger partial charge in [-0.05, 0) is 29.8 Å². The minimum absolute atomic E-state index is 0.147. The molecule has 0 atom stereocenters. The fourth-order valence-corrected chi connectivity index (χ4v) is 2.30. The molecule has 3 rings (SSSR count). The summed E-state index contributed by atoms with van der Waals surface area (Å²) in [6.45, 7) is 0. The lowest BCUT2D eigenvalue weighted by Crippen LogP contribution is -2.13. The maximum absolute atomic E-state index is 12.6. The number of amides is 1. The second-order valence-electron chi connectivity index (χ2n) is 5.40. The molecule has 1 heterocycles. The summed E-state index contributed by atoms with van der Waals surface area (Å²) in [6, 6.07) is 11.7. The Morgan fingerprint density at radius 1 is 1.04 bits per heavy atom. The van der Waals surface area contributed by atoms with Crippen molar-refractivity contribution in [2.24, 2.45) is 5.73 Å². The van der Waals surface area contributed by atoms with Crippen molar-refractivity contribution in [2.75, 3.05) is 0 Å². The van der Waals surface area contributed by atoms with E-state index < -0.39 is 17.6 Å². The zero-order chi connectivity index (χ0) is 18.0. The topological polar surface area (TPSA) is 73.8 Å². The molecule has 8 heteroatoms. The molecule has 0 aliphatic carbocycles. The van der Waals surface area contributed by atoms with E-state index >= 15 is 0 Å². The number of hydrogen-bond donors (Lipinski definition) is 1. The van der Waals surface area contributed by atoms with Gasteiger partial charge in [-0.25, -0.2) is 9.67 Å². The number of nitrogens with zero attached hydrogens (tertiary/aromatic N) is 3. The van der Waals surface area contributed by atoms with Crippen LogP contribution in [0.3, 0.4) is 0 Å². The molecule has 1 aromatic heterocycles. The van der Waals surface area contributed by atoms with Crippen LogP contribution >= 0.6 is 0 Å². The normalized spacial score (nSPS) is 11.5. The van der Waals surface area contributed by atoms with Gasteiger partial charge in [0.2, 0.25) is 5.91 Å². The van der Waals surface area contributed by atoms with Crippen LogP contribution in [-0.2, 0) is 17.4 Å². The van der Waals surface area contributed by atoms with Crippen LogP contribution in [-0.4, -0.2) is 20.7 Å². The van der Waals surface area contributed by atoms with E-state index in [1.165, 1.54) is 23.1 Å². The average Bonchev–Trinajstić information content (AvgIpc) is 3.04. The number of alkyl halides is 3. The lowest BCUT2D eigenvalue weighted by atomic mass is 10.1. The van der Waals surface area contributed by atoms with Crippen LogP contribution in [0.4, 0.5) is 13.2 Å². The molecule has 1 amide bonds. The molecule has 0 aliphatic heterocycles. The zero-order valence-corrected chi connectivity index (χ0v) is 12.9. The third kappa shape index (κ3) is 3.85. The van der Waals surface area contributed by atoms with Crippen LogP contribution in [0.15, 0.2) is 54.9 Å². The van der Waals surface area contributed by atoms with Crippen molar-refractivity contribution in [1.29, 1.82) is 0 Å². The van der Waals surface area contributed by atoms with Crippen molar-refractivity contribution in [1.82, 2.24) is 14.8 Å². The number of carbonyl (C=O) groups is 1. The van der Waals surface area contributed by atoms with Crippen molar-refractivity contribution in [3.8, 4) is 17.1 Å². The van der Waals surface area contributed by atoms with E-state index in [0.29, 0.717) is 11.5 Å². The molecular weight excluding hydrogens is 333 g/mol. The van der Waals surface area contributed by atoms with Crippen molar-refractivity contribution in [3.63, 3.8) is 0 Å². The van der Waals surface area contributed by atoms with Gasteiger partial charge < -0.3 is 5.73 Å². The highest BCUT2D eigenvalue weighted by Gasteiger charge is 2.30. The molecular formula is C17H13F3N4O. The summed E-state index contributed by atoms with van der Waals surface area (Å²) < 4.78 is 39.2.